The maximum absolute atomic E-state index is 12.7. The average Bonchev–Trinajstić information content (AvgIpc) is 3.19. The maximum atomic E-state index is 12.7. The standard InChI is InChI=1S/C24H28N4O3/c1-16(2)22-21(15-27-28(22)19-10-8-17(3)9-11-19)24(31)26-13-5-12-25-23(30)18-6-4-7-20(29)14-18/h4,6-11,14-16,29H,5,12-13H2,1-3H3,(H,25,30)(H,26,31). The molecule has 0 aliphatic rings. The van der Waals surface area contributed by atoms with Gasteiger partial charge >= 0.3 is 0 Å². The van der Waals surface area contributed by atoms with E-state index in [1.54, 1.807) is 18.3 Å². The number of phenolic OH excluding ortho intramolecular Hbond substituents is 1. The lowest BCUT2D eigenvalue weighted by atomic mass is 10.0. The topological polar surface area (TPSA) is 96.3 Å². The number of carbonyl (C=O) groups is 2. The predicted octanol–water partition coefficient (Wildman–Crippen LogP) is 3.56. The highest BCUT2D eigenvalue weighted by Gasteiger charge is 2.20. The molecule has 3 rings (SSSR count). The fraction of sp³-hybridized carbons (Fsp3) is 0.292. The van der Waals surface area contributed by atoms with Crippen LogP contribution in [0, 0.1) is 6.92 Å². The van der Waals surface area contributed by atoms with Crippen molar-refractivity contribution >= 4 is 11.8 Å². The van der Waals surface area contributed by atoms with Crippen LogP contribution in [0.15, 0.2) is 54.7 Å². The molecule has 7 heteroatoms. The minimum atomic E-state index is -0.260. The second-order valence-corrected chi connectivity index (χ2v) is 7.76. The highest BCUT2D eigenvalue weighted by molar-refractivity contribution is 5.95. The maximum Gasteiger partial charge on any atom is 0.254 e. The number of phenols is 1. The average molecular weight is 421 g/mol. The largest absolute Gasteiger partial charge is 0.508 e. The second-order valence-electron chi connectivity index (χ2n) is 7.76. The number of aromatic hydroxyl groups is 1. The molecular weight excluding hydrogens is 392 g/mol. The van der Waals surface area contributed by atoms with Crippen LogP contribution in [0.3, 0.4) is 0 Å². The zero-order valence-electron chi connectivity index (χ0n) is 18.1. The molecule has 0 bridgehead atoms. The van der Waals surface area contributed by atoms with Crippen molar-refractivity contribution in [1.29, 1.82) is 0 Å². The molecular formula is C24H28N4O3. The SMILES string of the molecule is Cc1ccc(-n2ncc(C(=O)NCCCNC(=O)c3cccc(O)c3)c2C(C)C)cc1. The van der Waals surface area contributed by atoms with Gasteiger partial charge in [-0.15, -0.1) is 0 Å². The molecule has 0 radical (unpaired) electrons. The summed E-state index contributed by atoms with van der Waals surface area (Å²) < 4.78 is 1.81. The minimum Gasteiger partial charge on any atom is -0.508 e. The van der Waals surface area contributed by atoms with Gasteiger partial charge in [-0.2, -0.15) is 5.10 Å². The fourth-order valence-electron chi connectivity index (χ4n) is 3.32. The Morgan fingerprint density at radius 3 is 2.35 bits per heavy atom. The number of rotatable bonds is 8. The molecule has 2 amide bonds. The van der Waals surface area contributed by atoms with Crippen LogP contribution in [-0.2, 0) is 0 Å². The monoisotopic (exact) mass is 420 g/mol. The Morgan fingerprint density at radius 1 is 1.03 bits per heavy atom. The number of hydrogen-bond acceptors (Lipinski definition) is 4. The summed E-state index contributed by atoms with van der Waals surface area (Å²) in [7, 11) is 0. The third-order valence-electron chi connectivity index (χ3n) is 4.91. The normalized spacial score (nSPS) is 10.8. The van der Waals surface area contributed by atoms with Gasteiger partial charge in [0.15, 0.2) is 0 Å². The Morgan fingerprint density at radius 2 is 1.71 bits per heavy atom. The van der Waals surface area contributed by atoms with Crippen molar-refractivity contribution < 1.29 is 14.7 Å². The third kappa shape index (κ3) is 5.51. The molecule has 162 valence electrons. The summed E-state index contributed by atoms with van der Waals surface area (Å²) in [6.45, 7) is 6.94. The van der Waals surface area contributed by atoms with E-state index in [1.165, 1.54) is 12.1 Å². The van der Waals surface area contributed by atoms with Crippen LogP contribution in [0.2, 0.25) is 0 Å². The van der Waals surface area contributed by atoms with Crippen LogP contribution < -0.4 is 10.6 Å². The first kappa shape index (κ1) is 22.1. The van der Waals surface area contributed by atoms with Crippen molar-refractivity contribution in [2.75, 3.05) is 13.1 Å². The van der Waals surface area contributed by atoms with Crippen molar-refractivity contribution in [2.45, 2.75) is 33.1 Å². The first-order valence-electron chi connectivity index (χ1n) is 10.4. The van der Waals surface area contributed by atoms with E-state index in [-0.39, 0.29) is 23.5 Å². The van der Waals surface area contributed by atoms with Gasteiger partial charge in [-0.25, -0.2) is 4.68 Å². The Bertz CT molecular complexity index is 1050. The van der Waals surface area contributed by atoms with E-state index < -0.39 is 0 Å². The molecule has 1 heterocycles. The lowest BCUT2D eigenvalue weighted by molar-refractivity contribution is 0.0950. The molecule has 31 heavy (non-hydrogen) atoms. The molecule has 2 aromatic carbocycles. The number of nitrogens with one attached hydrogen (secondary N) is 2. The van der Waals surface area contributed by atoms with Gasteiger partial charge in [0.2, 0.25) is 0 Å². The lowest BCUT2D eigenvalue weighted by Gasteiger charge is -2.13. The predicted molar refractivity (Wildman–Crippen MR) is 120 cm³/mol. The Kier molecular flexibility index (Phi) is 7.07. The Hall–Kier alpha value is -3.61. The Labute approximate surface area is 182 Å². The summed E-state index contributed by atoms with van der Waals surface area (Å²) in [5, 5.41) is 19.6. The molecule has 0 atom stereocenters. The van der Waals surface area contributed by atoms with Gasteiger partial charge in [0, 0.05) is 18.7 Å². The summed E-state index contributed by atoms with van der Waals surface area (Å²) in [4.78, 5) is 24.8. The van der Waals surface area contributed by atoms with Crippen molar-refractivity contribution in [3.05, 3.63) is 77.1 Å². The third-order valence-corrected chi connectivity index (χ3v) is 4.91. The minimum absolute atomic E-state index is 0.0482. The smallest absolute Gasteiger partial charge is 0.254 e. The molecule has 0 spiro atoms. The number of nitrogens with zero attached hydrogens (tertiary/aromatic N) is 2. The summed E-state index contributed by atoms with van der Waals surface area (Å²) in [5.41, 5.74) is 3.89. The van der Waals surface area contributed by atoms with Gasteiger partial charge in [0.25, 0.3) is 11.8 Å². The molecule has 0 unspecified atom stereocenters. The van der Waals surface area contributed by atoms with E-state index in [4.69, 9.17) is 0 Å². The van der Waals surface area contributed by atoms with Crippen LogP contribution in [0.4, 0.5) is 0 Å². The molecule has 0 fully saturated rings. The number of hydrogen-bond donors (Lipinski definition) is 3. The van der Waals surface area contributed by atoms with E-state index in [1.807, 2.05) is 49.7 Å². The van der Waals surface area contributed by atoms with Gasteiger partial charge in [-0.05, 0) is 49.6 Å². The highest BCUT2D eigenvalue weighted by Crippen LogP contribution is 2.23. The molecule has 1 aromatic heterocycles. The molecule has 0 aliphatic heterocycles. The number of aryl methyl sites for hydroxylation is 1. The summed E-state index contributed by atoms with van der Waals surface area (Å²) in [6.07, 6.45) is 2.19. The summed E-state index contributed by atoms with van der Waals surface area (Å²) >= 11 is 0. The summed E-state index contributed by atoms with van der Waals surface area (Å²) in [6, 6.07) is 14.2. The van der Waals surface area contributed by atoms with Gasteiger partial charge in [-0.1, -0.05) is 37.6 Å². The van der Waals surface area contributed by atoms with E-state index in [0.717, 1.165) is 16.9 Å². The zero-order valence-corrected chi connectivity index (χ0v) is 18.1. The van der Waals surface area contributed by atoms with Crippen molar-refractivity contribution in [1.82, 2.24) is 20.4 Å². The van der Waals surface area contributed by atoms with Gasteiger partial charge in [-0.3, -0.25) is 9.59 Å². The van der Waals surface area contributed by atoms with Crippen LogP contribution >= 0.6 is 0 Å². The van der Waals surface area contributed by atoms with E-state index in [0.29, 0.717) is 30.6 Å². The number of aromatic nitrogens is 2. The van der Waals surface area contributed by atoms with Crippen molar-refractivity contribution in [2.24, 2.45) is 0 Å². The molecule has 3 aromatic rings. The number of amides is 2. The number of benzene rings is 2. The van der Waals surface area contributed by atoms with Crippen LogP contribution in [-0.4, -0.2) is 39.8 Å². The van der Waals surface area contributed by atoms with E-state index in [9.17, 15) is 14.7 Å². The molecule has 0 saturated heterocycles. The van der Waals surface area contributed by atoms with Crippen molar-refractivity contribution in [3.8, 4) is 11.4 Å². The first-order valence-corrected chi connectivity index (χ1v) is 10.4. The van der Waals surface area contributed by atoms with E-state index >= 15 is 0 Å². The van der Waals surface area contributed by atoms with Crippen LogP contribution in [0.25, 0.3) is 5.69 Å². The Balaban J connectivity index is 1.56. The first-order chi connectivity index (χ1) is 14.9. The zero-order chi connectivity index (χ0) is 22.4. The quantitative estimate of drug-likeness (QED) is 0.486. The van der Waals surface area contributed by atoms with Gasteiger partial charge in [0.1, 0.15) is 5.75 Å². The van der Waals surface area contributed by atoms with Crippen molar-refractivity contribution in [3.63, 3.8) is 0 Å². The molecule has 0 aliphatic carbocycles. The molecule has 3 N–H and O–H groups in total. The highest BCUT2D eigenvalue weighted by atomic mass is 16.3. The molecule has 7 nitrogen and oxygen atoms in total. The number of carbonyl (C=O) groups excluding carboxylic acids is 2. The van der Waals surface area contributed by atoms with Crippen LogP contribution in [0.5, 0.6) is 5.75 Å². The molecule has 0 saturated carbocycles. The van der Waals surface area contributed by atoms with E-state index in [2.05, 4.69) is 15.7 Å². The van der Waals surface area contributed by atoms with Gasteiger partial charge in [0.05, 0.1) is 23.1 Å². The fourth-order valence-corrected chi connectivity index (χ4v) is 3.32. The lowest BCUT2D eigenvalue weighted by Crippen LogP contribution is -2.30. The van der Waals surface area contributed by atoms with Crippen LogP contribution in [0.1, 0.15) is 58.2 Å². The summed E-state index contributed by atoms with van der Waals surface area (Å²) in [5.74, 6) is -0.275. The van der Waals surface area contributed by atoms with Gasteiger partial charge < -0.3 is 15.7 Å². The second kappa shape index (κ2) is 9.93.